The average Bonchev–Trinajstić information content (AvgIpc) is 4.24. The van der Waals surface area contributed by atoms with Gasteiger partial charge in [-0.15, -0.1) is 21.5 Å². The first-order valence-electron chi connectivity index (χ1n) is 28.3. The summed E-state index contributed by atoms with van der Waals surface area (Å²) in [7, 11) is 0. The molecule has 422 valence electrons. The predicted octanol–water partition coefficient (Wildman–Crippen LogP) is 7.17. The molecule has 4 fully saturated rings. The summed E-state index contributed by atoms with van der Waals surface area (Å²) in [6.07, 6.45) is 7.59. The average molecular weight is 1100 g/mol. The van der Waals surface area contributed by atoms with Gasteiger partial charge in [0.2, 0.25) is 23.6 Å². The van der Waals surface area contributed by atoms with Gasteiger partial charge in [0.1, 0.15) is 30.2 Å². The fourth-order valence-electron chi connectivity index (χ4n) is 11.7. The third kappa shape index (κ3) is 14.3. The van der Waals surface area contributed by atoms with Gasteiger partial charge in [-0.25, -0.2) is 4.98 Å². The number of aromatic nitrogens is 3. The first kappa shape index (κ1) is 56.9. The van der Waals surface area contributed by atoms with Crippen LogP contribution in [-0.4, -0.2) is 153 Å². The van der Waals surface area contributed by atoms with Crippen molar-refractivity contribution in [2.75, 3.05) is 74.5 Å². The minimum atomic E-state index is -0.863. The second-order valence-corrected chi connectivity index (χ2v) is 23.7. The van der Waals surface area contributed by atoms with E-state index in [1.807, 2.05) is 80.6 Å². The number of anilines is 3. The number of ether oxygens (including phenoxy) is 1. The van der Waals surface area contributed by atoms with E-state index in [-0.39, 0.29) is 55.3 Å². The van der Waals surface area contributed by atoms with Gasteiger partial charge < -0.3 is 50.9 Å². The molecule has 5 atom stereocenters. The zero-order chi connectivity index (χ0) is 55.6. The molecule has 18 nitrogen and oxygen atoms in total. The molecule has 2 bridgehead atoms. The highest BCUT2D eigenvalue weighted by Gasteiger charge is 2.45. The standard InChI is InChI=1S/C60H79N11O7S/c1-40-55(79-39-63-40)42-19-17-41(18-20-42)35-62-58(76)51-33-46(72)38-70(51)59(77)56(60(2,3)4)64-53(74)15-9-7-5-6-8-10-16-54(75)68-29-27-67(28-30-68)31-32-78-47-25-23-43(24-26-47)71-44-21-22-45(71)37-69(36-44)50-34-49(65-66-57(50)61)48-13-11-12-14-52(48)73/h11-14,17-20,23-26,34,39,44-46,51,56,72-73H,5-10,15-16,21-22,27-33,35-38H2,1-4H3,(H2,61,66)(H,62,76)(H,64,74)/t44?,45?,46-,51+,56-/m1/s1. The van der Waals surface area contributed by atoms with Gasteiger partial charge in [-0.2, -0.15) is 0 Å². The van der Waals surface area contributed by atoms with E-state index in [1.165, 1.54) is 10.6 Å². The Kier molecular flexibility index (Phi) is 18.7. The lowest BCUT2D eigenvalue weighted by molar-refractivity contribution is -0.144. The van der Waals surface area contributed by atoms with Gasteiger partial charge in [0.25, 0.3) is 0 Å². The Morgan fingerprint density at radius 1 is 0.848 bits per heavy atom. The molecular formula is C60H79N11O7S. The van der Waals surface area contributed by atoms with Crippen LogP contribution in [0.5, 0.6) is 11.5 Å². The number of phenolic OH excluding ortho intramolecular Hbond substituents is 1. The van der Waals surface area contributed by atoms with Crippen LogP contribution in [0.3, 0.4) is 0 Å². The molecule has 0 saturated carbocycles. The van der Waals surface area contributed by atoms with E-state index < -0.39 is 23.6 Å². The number of nitrogens with zero attached hydrogens (tertiary/aromatic N) is 8. The molecule has 5 aromatic rings. The number of thiazole rings is 1. The Labute approximate surface area is 468 Å². The number of fused-ring (bicyclic) bond motifs is 2. The Bertz CT molecular complexity index is 2860. The summed E-state index contributed by atoms with van der Waals surface area (Å²) in [6, 6.07) is 24.4. The van der Waals surface area contributed by atoms with Crippen molar-refractivity contribution in [3.05, 3.63) is 95.6 Å². The van der Waals surface area contributed by atoms with Crippen molar-refractivity contribution in [3.63, 3.8) is 0 Å². The molecular weight excluding hydrogens is 1020 g/mol. The van der Waals surface area contributed by atoms with Gasteiger partial charge in [-0.05, 0) is 91.6 Å². The van der Waals surface area contributed by atoms with E-state index >= 15 is 0 Å². The number of benzene rings is 3. The number of amides is 4. The van der Waals surface area contributed by atoms with Crippen LogP contribution in [0.2, 0.25) is 0 Å². The molecule has 19 heteroatoms. The highest BCUT2D eigenvalue weighted by Crippen LogP contribution is 2.40. The first-order chi connectivity index (χ1) is 38.1. The summed E-state index contributed by atoms with van der Waals surface area (Å²) in [5, 5.41) is 35.5. The zero-order valence-electron chi connectivity index (χ0n) is 46.3. The normalized spacial score (nSPS) is 19.9. The molecule has 3 aromatic carbocycles. The zero-order valence-corrected chi connectivity index (χ0v) is 47.1. The number of rotatable bonds is 22. The Morgan fingerprint density at radius 3 is 2.20 bits per heavy atom. The second kappa shape index (κ2) is 26.0. The molecule has 0 radical (unpaired) electrons. The number of hydrogen-bond donors (Lipinski definition) is 5. The quantitative estimate of drug-likeness (QED) is 0.0434. The molecule has 2 unspecified atom stereocenters. The third-order valence-corrected chi connectivity index (χ3v) is 17.1. The van der Waals surface area contributed by atoms with Crippen molar-refractivity contribution in [2.24, 2.45) is 5.41 Å². The SMILES string of the molecule is Cc1ncsc1-c1ccc(CNC(=O)[C@@H]2C[C@@H](O)CN2C(=O)[C@@H](NC(=O)CCCCCCCCC(=O)N2CCN(CCOc3ccc(N4C5CCC4CN(c4cc(-c6ccccc6O)nnc4N)C5)cc3)CC2)C(C)(C)C)cc1. The van der Waals surface area contributed by atoms with Gasteiger partial charge in [-0.3, -0.25) is 24.1 Å². The van der Waals surface area contributed by atoms with Crippen molar-refractivity contribution in [1.82, 2.24) is 40.5 Å². The lowest BCUT2D eigenvalue weighted by Gasteiger charge is -2.43. The third-order valence-electron chi connectivity index (χ3n) is 16.1. The van der Waals surface area contributed by atoms with E-state index in [4.69, 9.17) is 10.5 Å². The number of hydrogen-bond acceptors (Lipinski definition) is 15. The summed E-state index contributed by atoms with van der Waals surface area (Å²) in [5.74, 6) is 0.691. The first-order valence-corrected chi connectivity index (χ1v) is 29.2. The highest BCUT2D eigenvalue weighted by atomic mass is 32.1. The summed E-state index contributed by atoms with van der Waals surface area (Å²) >= 11 is 1.58. The number of aliphatic hydroxyl groups is 1. The number of unbranched alkanes of at least 4 members (excludes halogenated alkanes) is 5. The predicted molar refractivity (Wildman–Crippen MR) is 309 cm³/mol. The van der Waals surface area contributed by atoms with Crippen molar-refractivity contribution in [3.8, 4) is 33.2 Å². The van der Waals surface area contributed by atoms with Crippen LogP contribution in [0.25, 0.3) is 21.7 Å². The Balaban J connectivity index is 0.618. The molecule has 4 saturated heterocycles. The Morgan fingerprint density at radius 2 is 1.53 bits per heavy atom. The van der Waals surface area contributed by atoms with Crippen LogP contribution < -0.4 is 30.9 Å². The minimum absolute atomic E-state index is 0.0260. The van der Waals surface area contributed by atoms with Gasteiger partial charge >= 0.3 is 0 Å². The summed E-state index contributed by atoms with van der Waals surface area (Å²) < 4.78 is 6.20. The Hall–Kier alpha value is -6.83. The van der Waals surface area contributed by atoms with Crippen molar-refractivity contribution in [1.29, 1.82) is 0 Å². The highest BCUT2D eigenvalue weighted by molar-refractivity contribution is 7.13. The molecule has 2 aromatic heterocycles. The number of aliphatic hydroxyl groups excluding tert-OH is 1. The largest absolute Gasteiger partial charge is 0.507 e. The maximum atomic E-state index is 14.1. The molecule has 9 rings (SSSR count). The molecule has 0 aliphatic carbocycles. The lowest BCUT2D eigenvalue weighted by Crippen LogP contribution is -2.57. The van der Waals surface area contributed by atoms with Gasteiger partial charge in [0.05, 0.1) is 33.6 Å². The summed E-state index contributed by atoms with van der Waals surface area (Å²) in [5.41, 5.74) is 13.8. The maximum absolute atomic E-state index is 14.1. The van der Waals surface area contributed by atoms with Gasteiger partial charge in [0.15, 0.2) is 5.82 Å². The number of nitrogens with one attached hydrogen (secondary N) is 2. The van der Waals surface area contributed by atoms with Crippen LogP contribution in [0, 0.1) is 12.3 Å². The van der Waals surface area contributed by atoms with Crippen LogP contribution in [0.15, 0.2) is 84.4 Å². The molecule has 6 N–H and O–H groups in total. The van der Waals surface area contributed by atoms with Crippen molar-refractivity contribution in [2.45, 2.75) is 135 Å². The molecule has 6 heterocycles. The van der Waals surface area contributed by atoms with E-state index in [0.717, 1.165) is 124 Å². The molecule has 4 aliphatic rings. The monoisotopic (exact) mass is 1100 g/mol. The number of phenols is 1. The number of carbonyl (C=O) groups is 4. The number of para-hydroxylation sites is 1. The van der Waals surface area contributed by atoms with Crippen molar-refractivity contribution >= 4 is 52.2 Å². The van der Waals surface area contributed by atoms with Crippen LogP contribution in [0.1, 0.15) is 103 Å². The number of aryl methyl sites for hydroxylation is 1. The minimum Gasteiger partial charge on any atom is -0.507 e. The second-order valence-electron chi connectivity index (χ2n) is 22.8. The molecule has 4 amide bonds. The number of carbonyl (C=O) groups excluding carboxylic acids is 4. The van der Waals surface area contributed by atoms with E-state index in [9.17, 15) is 29.4 Å². The topological polar surface area (TPSA) is 223 Å². The van der Waals surface area contributed by atoms with Crippen molar-refractivity contribution < 1.29 is 34.1 Å². The molecule has 79 heavy (non-hydrogen) atoms. The molecule has 0 spiro atoms. The van der Waals surface area contributed by atoms with E-state index in [2.05, 4.69) is 64.8 Å². The molecule has 4 aliphatic heterocycles. The number of piperazine rings is 2. The summed E-state index contributed by atoms with van der Waals surface area (Å²) in [6.45, 7) is 14.0. The van der Waals surface area contributed by atoms with Gasteiger partial charge in [0, 0.05) is 101 Å². The lowest BCUT2D eigenvalue weighted by atomic mass is 9.85. The van der Waals surface area contributed by atoms with Crippen LogP contribution in [-0.2, 0) is 25.7 Å². The van der Waals surface area contributed by atoms with Gasteiger partial charge in [-0.1, -0.05) is 82.9 Å². The number of aromatic hydroxyl groups is 1. The number of likely N-dealkylation sites (tertiary alicyclic amines) is 1. The number of nitrogens with two attached hydrogens (primary N) is 1. The fraction of sp³-hybridized carbons (Fsp3) is 0.517. The number of β-amino-alcohol motifs (C(OH)–C–C–N with tert-alkyl or cyclic N) is 1. The van der Waals surface area contributed by atoms with Crippen LogP contribution in [0.4, 0.5) is 17.2 Å². The maximum Gasteiger partial charge on any atom is 0.246 e. The summed E-state index contributed by atoms with van der Waals surface area (Å²) in [4.78, 5) is 70.0. The van der Waals surface area contributed by atoms with E-state index in [1.54, 1.807) is 23.5 Å². The van der Waals surface area contributed by atoms with E-state index in [0.29, 0.717) is 48.6 Å². The fourth-order valence-corrected chi connectivity index (χ4v) is 12.5. The number of nitrogen functional groups attached to an aromatic ring is 1. The van der Waals surface area contributed by atoms with Crippen LogP contribution >= 0.6 is 11.3 Å². The smallest absolute Gasteiger partial charge is 0.246 e.